The summed E-state index contributed by atoms with van der Waals surface area (Å²) >= 11 is 5.83. The first-order valence-corrected chi connectivity index (χ1v) is 7.51. The van der Waals surface area contributed by atoms with E-state index < -0.39 is 29.0 Å². The molecule has 0 saturated heterocycles. The van der Waals surface area contributed by atoms with Gasteiger partial charge in [-0.1, -0.05) is 18.5 Å². The Morgan fingerprint density at radius 2 is 2.00 bits per heavy atom. The van der Waals surface area contributed by atoms with Gasteiger partial charge in [-0.3, -0.25) is 9.59 Å². The lowest BCUT2D eigenvalue weighted by Crippen LogP contribution is -2.15. The molecule has 0 unspecified atom stereocenters. The lowest BCUT2D eigenvalue weighted by Gasteiger charge is -2.12. The van der Waals surface area contributed by atoms with E-state index in [1.807, 2.05) is 6.92 Å². The number of amides is 1. The van der Waals surface area contributed by atoms with Crippen molar-refractivity contribution in [3.8, 4) is 11.5 Å². The van der Waals surface area contributed by atoms with Crippen LogP contribution in [-0.2, 0) is 11.2 Å². The van der Waals surface area contributed by atoms with Crippen LogP contribution in [-0.4, -0.2) is 17.0 Å². The number of esters is 1. The van der Waals surface area contributed by atoms with Crippen LogP contribution >= 0.6 is 11.6 Å². The topological polar surface area (TPSA) is 75.6 Å². The number of hydrogen-bond donors (Lipinski definition) is 2. The van der Waals surface area contributed by atoms with Crippen molar-refractivity contribution < 1.29 is 23.8 Å². The van der Waals surface area contributed by atoms with Crippen molar-refractivity contribution in [1.29, 1.82) is 0 Å². The number of carbonyl (C=O) groups excluding carboxylic acids is 2. The molecule has 0 aliphatic carbocycles. The summed E-state index contributed by atoms with van der Waals surface area (Å²) in [6.45, 7) is 3.15. The largest absolute Gasteiger partial charge is 0.505 e. The summed E-state index contributed by atoms with van der Waals surface area (Å²) in [5.41, 5.74) is 0.635. The van der Waals surface area contributed by atoms with Crippen LogP contribution in [0.3, 0.4) is 0 Å². The van der Waals surface area contributed by atoms with E-state index in [1.54, 1.807) is 6.07 Å². The zero-order chi connectivity index (χ0) is 17.9. The summed E-state index contributed by atoms with van der Waals surface area (Å²) < 4.78 is 19.0. The highest BCUT2D eigenvalue weighted by molar-refractivity contribution is 6.34. The summed E-state index contributed by atoms with van der Waals surface area (Å²) in [6.07, 6.45) is 0.563. The number of phenols is 1. The Balaban J connectivity index is 2.30. The molecule has 0 atom stereocenters. The molecule has 126 valence electrons. The molecule has 0 saturated carbocycles. The number of benzene rings is 2. The smallest absolute Gasteiger partial charge is 0.308 e. The molecule has 5 nitrogen and oxygen atoms in total. The van der Waals surface area contributed by atoms with E-state index in [0.29, 0.717) is 23.4 Å². The molecule has 2 aromatic carbocycles. The van der Waals surface area contributed by atoms with E-state index in [1.165, 1.54) is 25.1 Å². The van der Waals surface area contributed by atoms with Crippen LogP contribution in [0, 0.1) is 5.82 Å². The number of phenolic OH excluding ortho intramolecular Hbond substituents is 1. The van der Waals surface area contributed by atoms with Gasteiger partial charge in [0.2, 0.25) is 0 Å². The van der Waals surface area contributed by atoms with Crippen molar-refractivity contribution in [3.05, 3.63) is 52.3 Å². The van der Waals surface area contributed by atoms with Crippen molar-refractivity contribution in [2.45, 2.75) is 20.3 Å². The van der Waals surface area contributed by atoms with Gasteiger partial charge in [0.05, 0.1) is 10.6 Å². The first-order valence-electron chi connectivity index (χ1n) is 7.13. The molecule has 0 aliphatic heterocycles. The van der Waals surface area contributed by atoms with Crippen molar-refractivity contribution in [2.24, 2.45) is 0 Å². The molecule has 2 N–H and O–H groups in total. The maximum atomic E-state index is 13.9. The Morgan fingerprint density at radius 3 is 2.62 bits per heavy atom. The van der Waals surface area contributed by atoms with Crippen molar-refractivity contribution in [3.63, 3.8) is 0 Å². The fraction of sp³-hybridized carbons (Fsp3) is 0.176. The molecular weight excluding hydrogens is 337 g/mol. The second-order valence-corrected chi connectivity index (χ2v) is 5.39. The lowest BCUT2D eigenvalue weighted by atomic mass is 10.1. The maximum Gasteiger partial charge on any atom is 0.308 e. The van der Waals surface area contributed by atoms with Gasteiger partial charge in [-0.25, -0.2) is 4.39 Å². The second-order valence-electron chi connectivity index (χ2n) is 4.98. The Kier molecular flexibility index (Phi) is 5.41. The fourth-order valence-corrected chi connectivity index (χ4v) is 2.36. The van der Waals surface area contributed by atoms with Gasteiger partial charge in [-0.2, -0.15) is 0 Å². The predicted molar refractivity (Wildman–Crippen MR) is 88.2 cm³/mol. The number of ether oxygens (including phenoxy) is 1. The molecule has 0 heterocycles. The van der Waals surface area contributed by atoms with Gasteiger partial charge in [-0.15, -0.1) is 0 Å². The van der Waals surface area contributed by atoms with Gasteiger partial charge in [0.15, 0.2) is 11.6 Å². The molecule has 0 fully saturated rings. The number of hydrogen-bond acceptors (Lipinski definition) is 4. The van der Waals surface area contributed by atoms with Gasteiger partial charge in [0, 0.05) is 12.6 Å². The molecule has 0 spiro atoms. The number of aromatic hydroxyl groups is 1. The number of carbonyl (C=O) groups is 2. The SMILES string of the molecule is CCc1cc(NC(=O)c2c(Cl)ccc(O)c2F)ccc1OC(C)=O. The second kappa shape index (κ2) is 7.31. The van der Waals surface area contributed by atoms with Crippen molar-refractivity contribution in [1.82, 2.24) is 0 Å². The fourth-order valence-electron chi connectivity index (χ4n) is 2.13. The maximum absolute atomic E-state index is 13.9. The highest BCUT2D eigenvalue weighted by Crippen LogP contribution is 2.28. The first-order chi connectivity index (χ1) is 11.3. The summed E-state index contributed by atoms with van der Waals surface area (Å²) in [7, 11) is 0. The molecule has 0 aliphatic rings. The van der Waals surface area contributed by atoms with Gasteiger partial charge >= 0.3 is 5.97 Å². The summed E-state index contributed by atoms with van der Waals surface area (Å²) in [5, 5.41) is 11.8. The van der Waals surface area contributed by atoms with Crippen molar-refractivity contribution >= 4 is 29.2 Å². The number of aryl methyl sites for hydroxylation is 1. The van der Waals surface area contributed by atoms with Crippen LogP contribution in [0.25, 0.3) is 0 Å². The van der Waals surface area contributed by atoms with Crippen LogP contribution in [0.5, 0.6) is 11.5 Å². The standard InChI is InChI=1S/C17H15ClFNO4/c1-3-10-8-11(4-7-14(10)24-9(2)21)20-17(23)15-12(18)5-6-13(22)16(15)19/h4-8,22H,3H2,1-2H3,(H,20,23). The minimum atomic E-state index is -1.09. The number of nitrogens with one attached hydrogen (secondary N) is 1. The average Bonchev–Trinajstić information content (AvgIpc) is 2.52. The Labute approximate surface area is 143 Å². The zero-order valence-electron chi connectivity index (χ0n) is 13.0. The molecule has 7 heteroatoms. The van der Waals surface area contributed by atoms with Gasteiger partial charge in [-0.05, 0) is 42.3 Å². The van der Waals surface area contributed by atoms with Gasteiger partial charge in [0.25, 0.3) is 5.91 Å². The average molecular weight is 352 g/mol. The van der Waals surface area contributed by atoms with Crippen LogP contribution < -0.4 is 10.1 Å². The predicted octanol–water partition coefficient (Wildman–Crippen LogP) is 3.92. The molecule has 0 aromatic heterocycles. The third kappa shape index (κ3) is 3.83. The molecule has 0 radical (unpaired) electrons. The van der Waals surface area contributed by atoms with Gasteiger partial charge in [0.1, 0.15) is 5.75 Å². The van der Waals surface area contributed by atoms with E-state index in [0.717, 1.165) is 6.07 Å². The minimum Gasteiger partial charge on any atom is -0.505 e. The highest BCUT2D eigenvalue weighted by atomic mass is 35.5. The number of rotatable bonds is 4. The number of halogens is 2. The first kappa shape index (κ1) is 17.7. The van der Waals surface area contributed by atoms with E-state index in [9.17, 15) is 19.1 Å². The molecular formula is C17H15ClFNO4. The molecule has 2 rings (SSSR count). The summed E-state index contributed by atoms with van der Waals surface area (Å²) in [5.74, 6) is -2.60. The Hall–Kier alpha value is -2.60. The third-order valence-electron chi connectivity index (χ3n) is 3.25. The van der Waals surface area contributed by atoms with Crippen LogP contribution in [0.15, 0.2) is 30.3 Å². The van der Waals surface area contributed by atoms with E-state index in [2.05, 4.69) is 5.32 Å². The van der Waals surface area contributed by atoms with Gasteiger partial charge < -0.3 is 15.2 Å². The molecule has 1 amide bonds. The molecule has 24 heavy (non-hydrogen) atoms. The highest BCUT2D eigenvalue weighted by Gasteiger charge is 2.19. The normalized spacial score (nSPS) is 10.3. The lowest BCUT2D eigenvalue weighted by molar-refractivity contribution is -0.131. The molecule has 0 bridgehead atoms. The zero-order valence-corrected chi connectivity index (χ0v) is 13.8. The molecule has 2 aromatic rings. The Bertz CT molecular complexity index is 807. The van der Waals surface area contributed by atoms with E-state index in [4.69, 9.17) is 16.3 Å². The van der Waals surface area contributed by atoms with Crippen LogP contribution in [0.2, 0.25) is 5.02 Å². The van der Waals surface area contributed by atoms with E-state index in [-0.39, 0.29) is 5.02 Å². The Morgan fingerprint density at radius 1 is 1.29 bits per heavy atom. The quantitative estimate of drug-likeness (QED) is 0.646. The van der Waals surface area contributed by atoms with E-state index >= 15 is 0 Å². The van der Waals surface area contributed by atoms with Crippen LogP contribution in [0.1, 0.15) is 29.8 Å². The minimum absolute atomic E-state index is 0.116. The number of anilines is 1. The monoisotopic (exact) mass is 351 g/mol. The summed E-state index contributed by atoms with van der Waals surface area (Å²) in [6, 6.07) is 6.97. The third-order valence-corrected chi connectivity index (χ3v) is 3.57. The summed E-state index contributed by atoms with van der Waals surface area (Å²) in [4.78, 5) is 23.3. The van der Waals surface area contributed by atoms with Crippen molar-refractivity contribution in [2.75, 3.05) is 5.32 Å². The van der Waals surface area contributed by atoms with Crippen LogP contribution in [0.4, 0.5) is 10.1 Å².